The summed E-state index contributed by atoms with van der Waals surface area (Å²) in [6, 6.07) is 0. The van der Waals surface area contributed by atoms with Gasteiger partial charge in [-0.1, -0.05) is 20.8 Å². The highest BCUT2D eigenvalue weighted by molar-refractivity contribution is 7.13. The largest absolute Gasteiger partial charge is 0.350 e. The Morgan fingerprint density at radius 2 is 2.24 bits per heavy atom. The molecule has 0 bridgehead atoms. The second kappa shape index (κ2) is 5.83. The molecule has 0 aromatic carbocycles. The predicted octanol–water partition coefficient (Wildman–Crippen LogP) is 3.22. The van der Waals surface area contributed by atoms with E-state index in [0.717, 1.165) is 11.4 Å². The van der Waals surface area contributed by atoms with Gasteiger partial charge in [-0.25, -0.2) is 4.98 Å². The Morgan fingerprint density at radius 3 is 2.71 bits per heavy atom. The van der Waals surface area contributed by atoms with E-state index in [-0.39, 0.29) is 16.7 Å². The Bertz CT molecular complexity index is 384. The third kappa shape index (κ3) is 5.50. The molecule has 0 spiro atoms. The zero-order chi connectivity index (χ0) is 13.1. The van der Waals surface area contributed by atoms with E-state index in [4.69, 9.17) is 11.6 Å². The third-order valence-corrected chi connectivity index (χ3v) is 3.38. The molecule has 0 aliphatic carbocycles. The number of hydrogen-bond donors (Lipinski definition) is 1. The van der Waals surface area contributed by atoms with Crippen LogP contribution in [-0.2, 0) is 0 Å². The Kier molecular flexibility index (Phi) is 4.95. The highest BCUT2D eigenvalue weighted by Crippen LogP contribution is 2.23. The van der Waals surface area contributed by atoms with Gasteiger partial charge in [0.05, 0.1) is 16.6 Å². The Labute approximate surface area is 112 Å². The van der Waals surface area contributed by atoms with Crippen LogP contribution in [0.15, 0.2) is 6.20 Å². The number of thiazole rings is 1. The number of carbonyl (C=O) groups is 1. The molecule has 1 rings (SSSR count). The van der Waals surface area contributed by atoms with E-state index in [1.807, 2.05) is 6.92 Å². The number of nitrogens with one attached hydrogen (secondary N) is 1. The van der Waals surface area contributed by atoms with Crippen LogP contribution in [-0.4, -0.2) is 22.8 Å². The molecule has 1 amide bonds. The predicted molar refractivity (Wildman–Crippen MR) is 72.9 cm³/mol. The van der Waals surface area contributed by atoms with Gasteiger partial charge in [0.15, 0.2) is 0 Å². The first kappa shape index (κ1) is 14.5. The van der Waals surface area contributed by atoms with Gasteiger partial charge in [-0.15, -0.1) is 22.9 Å². The first-order chi connectivity index (χ1) is 7.78. The van der Waals surface area contributed by atoms with Crippen molar-refractivity contribution in [2.75, 3.05) is 6.54 Å². The molecule has 0 saturated heterocycles. The highest BCUT2D eigenvalue weighted by atomic mass is 35.5. The molecule has 0 fully saturated rings. The summed E-state index contributed by atoms with van der Waals surface area (Å²) in [5.74, 6) is -0.0878. The highest BCUT2D eigenvalue weighted by Gasteiger charge is 2.18. The molecule has 5 heteroatoms. The molecule has 1 heterocycles. The van der Waals surface area contributed by atoms with Crippen molar-refractivity contribution in [1.29, 1.82) is 0 Å². The Balaban J connectivity index is 2.38. The minimum absolute atomic E-state index is 0.0343. The topological polar surface area (TPSA) is 42.0 Å². The van der Waals surface area contributed by atoms with Crippen LogP contribution < -0.4 is 5.32 Å². The normalized spacial score (nSPS) is 13.5. The molecule has 1 aromatic rings. The third-order valence-electron chi connectivity index (χ3n) is 2.16. The van der Waals surface area contributed by atoms with Crippen LogP contribution in [0.2, 0.25) is 0 Å². The number of aryl methyl sites for hydroxylation is 1. The van der Waals surface area contributed by atoms with Gasteiger partial charge in [0, 0.05) is 6.54 Å². The van der Waals surface area contributed by atoms with Crippen molar-refractivity contribution in [2.24, 2.45) is 5.41 Å². The summed E-state index contributed by atoms with van der Waals surface area (Å²) in [5, 5.41) is 3.70. The van der Waals surface area contributed by atoms with Crippen LogP contribution in [0, 0.1) is 12.3 Å². The number of amides is 1. The van der Waals surface area contributed by atoms with Gasteiger partial charge in [-0.05, 0) is 18.8 Å². The fraction of sp³-hybridized carbons (Fsp3) is 0.667. The van der Waals surface area contributed by atoms with Crippen LogP contribution in [0.5, 0.6) is 0 Å². The quantitative estimate of drug-likeness (QED) is 0.857. The number of rotatable bonds is 4. The van der Waals surface area contributed by atoms with Crippen LogP contribution >= 0.6 is 22.9 Å². The van der Waals surface area contributed by atoms with Crippen molar-refractivity contribution in [2.45, 2.75) is 39.5 Å². The van der Waals surface area contributed by atoms with Crippen molar-refractivity contribution in [3.8, 4) is 0 Å². The molecule has 3 nitrogen and oxygen atoms in total. The van der Waals surface area contributed by atoms with Gasteiger partial charge in [0.1, 0.15) is 4.88 Å². The second-order valence-corrected chi connectivity index (χ2v) is 7.17. The lowest BCUT2D eigenvalue weighted by atomic mass is 9.90. The number of nitrogens with zero attached hydrogens (tertiary/aromatic N) is 1. The lowest BCUT2D eigenvalue weighted by molar-refractivity contribution is 0.0956. The maximum atomic E-state index is 11.7. The minimum Gasteiger partial charge on any atom is -0.350 e. The molecular formula is C12H19ClN2OS. The van der Waals surface area contributed by atoms with Gasteiger partial charge in [0.25, 0.3) is 5.91 Å². The van der Waals surface area contributed by atoms with E-state index in [1.54, 1.807) is 6.20 Å². The number of hydrogen-bond acceptors (Lipinski definition) is 3. The van der Waals surface area contributed by atoms with Gasteiger partial charge >= 0.3 is 0 Å². The fourth-order valence-corrected chi connectivity index (χ4v) is 2.73. The van der Waals surface area contributed by atoms with Gasteiger partial charge in [-0.3, -0.25) is 4.79 Å². The molecule has 1 N–H and O–H groups in total. The molecule has 17 heavy (non-hydrogen) atoms. The SMILES string of the molecule is Cc1ncc(C(=O)NCC(Cl)CC(C)(C)C)s1. The molecule has 1 unspecified atom stereocenters. The molecule has 96 valence electrons. The summed E-state index contributed by atoms with van der Waals surface area (Å²) >= 11 is 7.57. The number of alkyl halides is 1. The molecule has 1 atom stereocenters. The minimum atomic E-state index is -0.0878. The summed E-state index contributed by atoms with van der Waals surface area (Å²) in [5.41, 5.74) is 0.179. The fourth-order valence-electron chi connectivity index (χ4n) is 1.49. The van der Waals surface area contributed by atoms with E-state index < -0.39 is 0 Å². The molecule has 1 aromatic heterocycles. The average Bonchev–Trinajstić information content (AvgIpc) is 2.58. The number of halogens is 1. The van der Waals surface area contributed by atoms with Gasteiger partial charge in [-0.2, -0.15) is 0 Å². The van der Waals surface area contributed by atoms with Crippen molar-refractivity contribution < 1.29 is 4.79 Å². The van der Waals surface area contributed by atoms with Crippen LogP contribution in [0.25, 0.3) is 0 Å². The first-order valence-corrected chi connectivity index (χ1v) is 6.88. The first-order valence-electron chi connectivity index (χ1n) is 5.62. The van der Waals surface area contributed by atoms with Gasteiger partial charge < -0.3 is 5.32 Å². The Hall–Kier alpha value is -0.610. The summed E-state index contributed by atoms with van der Waals surface area (Å²) in [4.78, 5) is 16.4. The van der Waals surface area contributed by atoms with E-state index in [9.17, 15) is 4.79 Å². The Morgan fingerprint density at radius 1 is 1.59 bits per heavy atom. The maximum Gasteiger partial charge on any atom is 0.263 e. The monoisotopic (exact) mass is 274 g/mol. The van der Waals surface area contributed by atoms with E-state index >= 15 is 0 Å². The van der Waals surface area contributed by atoms with E-state index in [0.29, 0.717) is 11.4 Å². The smallest absolute Gasteiger partial charge is 0.263 e. The van der Waals surface area contributed by atoms with Crippen molar-refractivity contribution >= 4 is 28.8 Å². The van der Waals surface area contributed by atoms with Crippen molar-refractivity contribution in [1.82, 2.24) is 10.3 Å². The van der Waals surface area contributed by atoms with Crippen LogP contribution in [0.4, 0.5) is 0 Å². The number of aromatic nitrogens is 1. The molecule has 0 aliphatic rings. The van der Waals surface area contributed by atoms with Crippen molar-refractivity contribution in [3.63, 3.8) is 0 Å². The van der Waals surface area contributed by atoms with Crippen LogP contribution in [0.3, 0.4) is 0 Å². The van der Waals surface area contributed by atoms with Gasteiger partial charge in [0.2, 0.25) is 0 Å². The molecular weight excluding hydrogens is 256 g/mol. The zero-order valence-corrected chi connectivity index (χ0v) is 12.3. The summed E-state index contributed by atoms with van der Waals surface area (Å²) in [6.45, 7) is 8.78. The van der Waals surface area contributed by atoms with Crippen molar-refractivity contribution in [3.05, 3.63) is 16.1 Å². The molecule has 0 aliphatic heterocycles. The zero-order valence-electron chi connectivity index (χ0n) is 10.7. The van der Waals surface area contributed by atoms with E-state index in [2.05, 4.69) is 31.1 Å². The lowest BCUT2D eigenvalue weighted by Gasteiger charge is -2.21. The lowest BCUT2D eigenvalue weighted by Crippen LogP contribution is -2.31. The average molecular weight is 275 g/mol. The molecule has 0 saturated carbocycles. The standard InChI is InChI=1S/C12H19ClN2OS/c1-8-14-7-10(17-8)11(16)15-6-9(13)5-12(2,3)4/h7,9H,5-6H2,1-4H3,(H,15,16). The molecule has 0 radical (unpaired) electrons. The summed E-state index contributed by atoms with van der Waals surface area (Å²) in [7, 11) is 0. The number of carbonyl (C=O) groups excluding carboxylic acids is 1. The summed E-state index contributed by atoms with van der Waals surface area (Å²) in [6.07, 6.45) is 2.47. The second-order valence-electron chi connectivity index (χ2n) is 5.32. The summed E-state index contributed by atoms with van der Waals surface area (Å²) < 4.78 is 0. The maximum absolute atomic E-state index is 11.7. The van der Waals surface area contributed by atoms with Crippen LogP contribution in [0.1, 0.15) is 41.9 Å². The van der Waals surface area contributed by atoms with E-state index in [1.165, 1.54) is 11.3 Å².